The molecule has 2 aromatic rings. The summed E-state index contributed by atoms with van der Waals surface area (Å²) in [7, 11) is 0. The van der Waals surface area contributed by atoms with E-state index in [-0.39, 0.29) is 6.61 Å². The molecule has 4 atom stereocenters. The second kappa shape index (κ2) is 4.29. The highest BCUT2D eigenvalue weighted by molar-refractivity contribution is 5.70. The molecule has 0 saturated carbocycles. The van der Waals surface area contributed by atoms with Crippen LogP contribution in [0.25, 0.3) is 11.2 Å². The number of fused-ring (bicyclic) bond motifs is 1. The minimum absolute atomic E-state index is 0.352. The largest absolute Gasteiger partial charge is 0.394 e. The van der Waals surface area contributed by atoms with Crippen LogP contribution in [0, 0.1) is 0 Å². The normalized spacial score (nSPS) is 32.2. The molecule has 0 aromatic carbocycles. The number of aliphatic hydroxyl groups excluding tert-OH is 3. The van der Waals surface area contributed by atoms with Crippen molar-refractivity contribution in [1.29, 1.82) is 0 Å². The minimum Gasteiger partial charge on any atom is -0.394 e. The van der Waals surface area contributed by atoms with Crippen LogP contribution in [0.2, 0.25) is 0 Å². The average molecular weight is 251 g/mol. The van der Waals surface area contributed by atoms with Crippen LogP contribution in [-0.2, 0) is 4.74 Å². The number of nitrogens with zero attached hydrogens (tertiary/aromatic N) is 3. The molecule has 1 fully saturated rings. The van der Waals surface area contributed by atoms with E-state index in [4.69, 9.17) is 9.84 Å². The summed E-state index contributed by atoms with van der Waals surface area (Å²) in [6.07, 6.45) is -0.731. The Morgan fingerprint density at radius 1 is 1.28 bits per heavy atom. The van der Waals surface area contributed by atoms with Crippen LogP contribution in [0.3, 0.4) is 0 Å². The van der Waals surface area contributed by atoms with E-state index in [1.165, 1.54) is 6.33 Å². The predicted molar refractivity (Wildman–Crippen MR) is 60.5 cm³/mol. The third-order valence-corrected chi connectivity index (χ3v) is 3.12. The molecule has 7 nitrogen and oxygen atoms in total. The van der Waals surface area contributed by atoms with Gasteiger partial charge in [-0.15, -0.1) is 0 Å². The summed E-state index contributed by atoms with van der Waals surface area (Å²) in [5.74, 6) is 0. The lowest BCUT2D eigenvalue weighted by atomic mass is 10.1. The molecule has 1 aliphatic heterocycles. The van der Waals surface area contributed by atoms with Crippen LogP contribution >= 0.6 is 0 Å². The summed E-state index contributed by atoms with van der Waals surface area (Å²) in [6.45, 7) is -0.352. The summed E-state index contributed by atoms with van der Waals surface area (Å²) in [5.41, 5.74) is 1.24. The van der Waals surface area contributed by atoms with Crippen molar-refractivity contribution >= 4 is 11.2 Å². The van der Waals surface area contributed by atoms with Crippen molar-refractivity contribution < 1.29 is 20.1 Å². The fraction of sp³-hybridized carbons (Fsp3) is 0.455. The van der Waals surface area contributed by atoms with Crippen molar-refractivity contribution in [1.82, 2.24) is 14.5 Å². The topological polar surface area (TPSA) is 101 Å². The van der Waals surface area contributed by atoms with E-state index in [1.54, 1.807) is 22.9 Å². The Bertz CT molecular complexity index is 558. The van der Waals surface area contributed by atoms with Gasteiger partial charge in [-0.2, -0.15) is 0 Å². The van der Waals surface area contributed by atoms with Gasteiger partial charge in [-0.1, -0.05) is 0 Å². The molecule has 0 spiro atoms. The molecule has 1 saturated heterocycles. The Morgan fingerprint density at radius 3 is 2.83 bits per heavy atom. The Hall–Kier alpha value is -1.54. The van der Waals surface area contributed by atoms with E-state index in [9.17, 15) is 10.2 Å². The van der Waals surface area contributed by atoms with E-state index in [0.717, 1.165) is 0 Å². The van der Waals surface area contributed by atoms with Crippen LogP contribution < -0.4 is 0 Å². The SMILES string of the molecule is OC[C@H]1O[C@@H](n2cnc3cccnc32)[C@H](O)[C@@H]1O. The standard InChI is InChI=1S/C11H13N3O4/c15-4-7-8(16)9(17)11(18-7)14-5-13-6-2-1-3-12-10(6)14/h1-3,5,7-9,11,15-17H,4H2/t7-,8-,9-,11-/m1/s1. The van der Waals surface area contributed by atoms with E-state index in [2.05, 4.69) is 9.97 Å². The second-order valence-electron chi connectivity index (χ2n) is 4.23. The summed E-state index contributed by atoms with van der Waals surface area (Å²) in [6, 6.07) is 3.55. The molecule has 96 valence electrons. The van der Waals surface area contributed by atoms with Crippen molar-refractivity contribution in [2.75, 3.05) is 6.61 Å². The van der Waals surface area contributed by atoms with Crippen molar-refractivity contribution in [3.05, 3.63) is 24.7 Å². The highest BCUT2D eigenvalue weighted by Gasteiger charge is 2.43. The Kier molecular flexibility index (Phi) is 2.75. The second-order valence-corrected chi connectivity index (χ2v) is 4.23. The minimum atomic E-state index is -1.12. The summed E-state index contributed by atoms with van der Waals surface area (Å²) in [5, 5.41) is 28.7. The first-order valence-electron chi connectivity index (χ1n) is 5.62. The van der Waals surface area contributed by atoms with Gasteiger partial charge in [-0.3, -0.25) is 4.57 Å². The van der Waals surface area contributed by atoms with Gasteiger partial charge >= 0.3 is 0 Å². The maximum atomic E-state index is 9.93. The van der Waals surface area contributed by atoms with Crippen molar-refractivity contribution in [3.8, 4) is 0 Å². The van der Waals surface area contributed by atoms with E-state index in [0.29, 0.717) is 11.2 Å². The molecule has 3 heterocycles. The van der Waals surface area contributed by atoms with Crippen LogP contribution in [0.4, 0.5) is 0 Å². The number of ether oxygens (including phenoxy) is 1. The van der Waals surface area contributed by atoms with Crippen LogP contribution in [-0.4, -0.2) is 54.8 Å². The first-order chi connectivity index (χ1) is 8.72. The van der Waals surface area contributed by atoms with Crippen LogP contribution in [0.1, 0.15) is 6.23 Å². The van der Waals surface area contributed by atoms with Gasteiger partial charge in [0.1, 0.15) is 23.8 Å². The smallest absolute Gasteiger partial charge is 0.165 e. The highest BCUT2D eigenvalue weighted by atomic mass is 16.6. The molecule has 0 amide bonds. The van der Waals surface area contributed by atoms with Gasteiger partial charge in [0.2, 0.25) is 0 Å². The Labute approximate surface area is 102 Å². The van der Waals surface area contributed by atoms with Gasteiger partial charge in [0.25, 0.3) is 0 Å². The molecular weight excluding hydrogens is 238 g/mol. The summed E-state index contributed by atoms with van der Waals surface area (Å²) < 4.78 is 6.98. The number of aliphatic hydroxyl groups is 3. The first-order valence-corrected chi connectivity index (χ1v) is 5.62. The fourth-order valence-electron chi connectivity index (χ4n) is 2.16. The lowest BCUT2D eigenvalue weighted by Gasteiger charge is -2.16. The molecule has 2 aromatic heterocycles. The maximum absolute atomic E-state index is 9.93. The molecule has 3 rings (SSSR count). The quantitative estimate of drug-likeness (QED) is 0.635. The first kappa shape index (κ1) is 11.5. The zero-order valence-electron chi connectivity index (χ0n) is 9.42. The fourth-order valence-corrected chi connectivity index (χ4v) is 2.16. The van der Waals surface area contributed by atoms with Gasteiger partial charge in [-0.05, 0) is 12.1 Å². The third-order valence-electron chi connectivity index (χ3n) is 3.12. The number of imidazole rings is 1. The zero-order valence-corrected chi connectivity index (χ0v) is 9.42. The van der Waals surface area contributed by atoms with Gasteiger partial charge in [0.15, 0.2) is 11.9 Å². The molecule has 0 radical (unpaired) electrons. The Morgan fingerprint density at radius 2 is 2.11 bits per heavy atom. The molecule has 0 unspecified atom stereocenters. The van der Waals surface area contributed by atoms with Crippen molar-refractivity contribution in [2.24, 2.45) is 0 Å². The molecule has 18 heavy (non-hydrogen) atoms. The average Bonchev–Trinajstić information content (AvgIpc) is 2.93. The number of aromatic nitrogens is 3. The lowest BCUT2D eigenvalue weighted by Crippen LogP contribution is -2.33. The number of hydrogen-bond donors (Lipinski definition) is 3. The molecular formula is C11H13N3O4. The highest BCUT2D eigenvalue weighted by Crippen LogP contribution is 2.30. The molecule has 0 aliphatic carbocycles. The predicted octanol–water partition coefficient (Wildman–Crippen LogP) is -0.957. The molecule has 1 aliphatic rings. The number of rotatable bonds is 2. The van der Waals surface area contributed by atoms with Crippen LogP contribution in [0.5, 0.6) is 0 Å². The van der Waals surface area contributed by atoms with E-state index >= 15 is 0 Å². The molecule has 7 heteroatoms. The van der Waals surface area contributed by atoms with Gasteiger partial charge < -0.3 is 20.1 Å². The van der Waals surface area contributed by atoms with Crippen LogP contribution in [0.15, 0.2) is 24.7 Å². The van der Waals surface area contributed by atoms with Gasteiger partial charge in [0.05, 0.1) is 12.9 Å². The Balaban J connectivity index is 2.00. The zero-order chi connectivity index (χ0) is 12.7. The third kappa shape index (κ3) is 1.60. The van der Waals surface area contributed by atoms with E-state index in [1.807, 2.05) is 0 Å². The number of hydrogen-bond acceptors (Lipinski definition) is 6. The maximum Gasteiger partial charge on any atom is 0.165 e. The lowest BCUT2D eigenvalue weighted by molar-refractivity contribution is -0.0511. The number of pyridine rings is 1. The monoisotopic (exact) mass is 251 g/mol. The van der Waals surface area contributed by atoms with Crippen molar-refractivity contribution in [3.63, 3.8) is 0 Å². The van der Waals surface area contributed by atoms with E-state index < -0.39 is 24.5 Å². The molecule has 0 bridgehead atoms. The van der Waals surface area contributed by atoms with Gasteiger partial charge in [-0.25, -0.2) is 9.97 Å². The summed E-state index contributed by atoms with van der Waals surface area (Å²) in [4.78, 5) is 8.30. The molecule has 3 N–H and O–H groups in total. The summed E-state index contributed by atoms with van der Waals surface area (Å²) >= 11 is 0. The van der Waals surface area contributed by atoms with Crippen molar-refractivity contribution in [2.45, 2.75) is 24.5 Å². The van der Waals surface area contributed by atoms with Gasteiger partial charge in [0, 0.05) is 6.20 Å².